The fourth-order valence-electron chi connectivity index (χ4n) is 1.59. The number of aromatic hydroxyl groups is 1. The van der Waals surface area contributed by atoms with Crippen molar-refractivity contribution >= 4 is 11.6 Å². The van der Waals surface area contributed by atoms with Gasteiger partial charge in [-0.2, -0.15) is 0 Å². The summed E-state index contributed by atoms with van der Waals surface area (Å²) in [5.41, 5.74) is 5.87. The Morgan fingerprint density at radius 3 is 2.65 bits per heavy atom. The molecule has 4 N–H and O–H groups in total. The Balaban J connectivity index is 3.05. The lowest BCUT2D eigenvalue weighted by atomic mass is 10.1. The second kappa shape index (κ2) is 5.54. The molecule has 0 aromatic heterocycles. The van der Waals surface area contributed by atoms with Crippen LogP contribution in [-0.4, -0.2) is 40.2 Å². The number of aliphatic hydroxyl groups is 1. The third-order valence-corrected chi connectivity index (χ3v) is 2.52. The Morgan fingerprint density at radius 1 is 1.47 bits per heavy atom. The molecule has 0 saturated carbocycles. The number of para-hydroxylation sites is 1. The molecule has 0 aliphatic carbocycles. The predicted octanol–water partition coefficient (Wildman–Crippen LogP) is 0.817. The van der Waals surface area contributed by atoms with Gasteiger partial charge in [0.2, 0.25) is 0 Å². The Labute approximate surface area is 100 Å². The van der Waals surface area contributed by atoms with Crippen molar-refractivity contribution in [1.29, 1.82) is 0 Å². The lowest BCUT2D eigenvalue weighted by molar-refractivity contribution is 0.0662. The van der Waals surface area contributed by atoms with Gasteiger partial charge in [0.05, 0.1) is 17.9 Å². The van der Waals surface area contributed by atoms with Crippen LogP contribution in [0.1, 0.15) is 24.2 Å². The van der Waals surface area contributed by atoms with Crippen LogP contribution in [-0.2, 0) is 0 Å². The number of amides is 1. The fourth-order valence-corrected chi connectivity index (χ4v) is 1.59. The van der Waals surface area contributed by atoms with Crippen LogP contribution in [0.5, 0.6) is 5.75 Å². The molecule has 0 heterocycles. The van der Waals surface area contributed by atoms with Crippen molar-refractivity contribution in [2.45, 2.75) is 19.9 Å². The number of nitrogens with two attached hydrogens (primary N) is 1. The molecule has 1 aromatic rings. The van der Waals surface area contributed by atoms with Gasteiger partial charge in [-0.05, 0) is 26.0 Å². The van der Waals surface area contributed by atoms with Crippen LogP contribution < -0.4 is 5.73 Å². The van der Waals surface area contributed by atoms with Gasteiger partial charge >= 0.3 is 0 Å². The second-order valence-corrected chi connectivity index (χ2v) is 4.06. The van der Waals surface area contributed by atoms with Gasteiger partial charge in [0, 0.05) is 12.6 Å². The number of aliphatic hydroxyl groups excluding tert-OH is 1. The van der Waals surface area contributed by atoms with Crippen LogP contribution in [0.25, 0.3) is 0 Å². The van der Waals surface area contributed by atoms with E-state index in [4.69, 9.17) is 10.8 Å². The van der Waals surface area contributed by atoms with E-state index in [1.807, 2.05) is 13.8 Å². The van der Waals surface area contributed by atoms with Crippen LogP contribution in [0.3, 0.4) is 0 Å². The highest BCUT2D eigenvalue weighted by Gasteiger charge is 2.21. The SMILES string of the molecule is CC(C)N(CCO)C(=O)c1cccc(N)c1O. The average molecular weight is 238 g/mol. The quantitative estimate of drug-likeness (QED) is 0.535. The average Bonchev–Trinajstić information content (AvgIpc) is 2.28. The number of hydrogen-bond acceptors (Lipinski definition) is 4. The van der Waals surface area contributed by atoms with Crippen LogP contribution in [0.15, 0.2) is 18.2 Å². The number of carbonyl (C=O) groups excluding carboxylic acids is 1. The van der Waals surface area contributed by atoms with E-state index in [-0.39, 0.29) is 42.1 Å². The van der Waals surface area contributed by atoms with Crippen LogP contribution in [0.2, 0.25) is 0 Å². The van der Waals surface area contributed by atoms with Gasteiger partial charge in [-0.15, -0.1) is 0 Å². The molecule has 0 unspecified atom stereocenters. The third-order valence-electron chi connectivity index (χ3n) is 2.52. The largest absolute Gasteiger partial charge is 0.505 e. The van der Waals surface area contributed by atoms with Crippen LogP contribution in [0.4, 0.5) is 5.69 Å². The molecular weight excluding hydrogens is 220 g/mol. The van der Waals surface area contributed by atoms with E-state index in [0.717, 1.165) is 0 Å². The first kappa shape index (κ1) is 13.3. The normalized spacial score (nSPS) is 10.6. The summed E-state index contributed by atoms with van der Waals surface area (Å²) in [6.45, 7) is 3.80. The van der Waals surface area contributed by atoms with Crippen LogP contribution in [0, 0.1) is 0 Å². The number of benzene rings is 1. The number of carbonyl (C=O) groups is 1. The van der Waals surface area contributed by atoms with Gasteiger partial charge in [-0.25, -0.2) is 0 Å². The molecular formula is C12H18N2O3. The molecule has 1 aromatic carbocycles. The zero-order valence-corrected chi connectivity index (χ0v) is 10.1. The van der Waals surface area contributed by atoms with E-state index in [1.54, 1.807) is 6.07 Å². The molecule has 0 aliphatic heterocycles. The van der Waals surface area contributed by atoms with Gasteiger partial charge in [0.1, 0.15) is 0 Å². The molecule has 0 radical (unpaired) electrons. The molecule has 1 amide bonds. The molecule has 5 nitrogen and oxygen atoms in total. The highest BCUT2D eigenvalue weighted by molar-refractivity contribution is 5.98. The molecule has 1 rings (SSSR count). The van der Waals surface area contributed by atoms with Gasteiger partial charge in [-0.1, -0.05) is 6.07 Å². The van der Waals surface area contributed by atoms with Crippen LogP contribution >= 0.6 is 0 Å². The number of hydrogen-bond donors (Lipinski definition) is 3. The Morgan fingerprint density at radius 2 is 2.12 bits per heavy atom. The van der Waals surface area contributed by atoms with Crippen molar-refractivity contribution in [3.63, 3.8) is 0 Å². The maximum absolute atomic E-state index is 12.1. The lowest BCUT2D eigenvalue weighted by Gasteiger charge is -2.26. The zero-order chi connectivity index (χ0) is 13.0. The number of nitrogens with zero attached hydrogens (tertiary/aromatic N) is 1. The number of anilines is 1. The van der Waals surface area contributed by atoms with Gasteiger partial charge in [0.25, 0.3) is 5.91 Å². The Bertz CT molecular complexity index is 405. The zero-order valence-electron chi connectivity index (χ0n) is 10.1. The minimum atomic E-state index is -0.334. The van der Waals surface area contributed by atoms with Crippen molar-refractivity contribution in [1.82, 2.24) is 4.90 Å². The summed E-state index contributed by atoms with van der Waals surface area (Å²) < 4.78 is 0. The Kier molecular flexibility index (Phi) is 4.34. The minimum Gasteiger partial charge on any atom is -0.505 e. The fraction of sp³-hybridized carbons (Fsp3) is 0.417. The molecule has 0 bridgehead atoms. The van der Waals surface area contributed by atoms with Gasteiger partial charge < -0.3 is 20.8 Å². The first-order valence-electron chi connectivity index (χ1n) is 5.48. The van der Waals surface area contributed by atoms with E-state index in [2.05, 4.69) is 0 Å². The van der Waals surface area contributed by atoms with Crippen molar-refractivity contribution in [2.24, 2.45) is 0 Å². The van der Waals surface area contributed by atoms with E-state index < -0.39 is 0 Å². The smallest absolute Gasteiger partial charge is 0.258 e. The molecule has 0 atom stereocenters. The molecule has 94 valence electrons. The summed E-state index contributed by atoms with van der Waals surface area (Å²) >= 11 is 0. The summed E-state index contributed by atoms with van der Waals surface area (Å²) in [6, 6.07) is 4.59. The number of rotatable bonds is 4. The summed E-state index contributed by atoms with van der Waals surface area (Å²) in [7, 11) is 0. The minimum absolute atomic E-state index is 0.0597. The highest BCUT2D eigenvalue weighted by atomic mass is 16.3. The third kappa shape index (κ3) is 2.88. The molecule has 0 fully saturated rings. The first-order valence-corrected chi connectivity index (χ1v) is 5.48. The van der Waals surface area contributed by atoms with E-state index in [1.165, 1.54) is 17.0 Å². The van der Waals surface area contributed by atoms with Crippen molar-refractivity contribution in [2.75, 3.05) is 18.9 Å². The van der Waals surface area contributed by atoms with E-state index >= 15 is 0 Å². The van der Waals surface area contributed by atoms with E-state index in [9.17, 15) is 9.90 Å². The highest BCUT2D eigenvalue weighted by Crippen LogP contribution is 2.26. The molecule has 0 spiro atoms. The summed E-state index contributed by atoms with van der Waals surface area (Å²) in [5, 5.41) is 18.7. The van der Waals surface area contributed by atoms with Crippen molar-refractivity contribution in [3.05, 3.63) is 23.8 Å². The molecule has 5 heteroatoms. The second-order valence-electron chi connectivity index (χ2n) is 4.06. The number of phenolic OH excluding ortho intramolecular Hbond substituents is 1. The predicted molar refractivity (Wildman–Crippen MR) is 65.8 cm³/mol. The summed E-state index contributed by atoms with van der Waals surface area (Å²) in [6.07, 6.45) is 0. The van der Waals surface area contributed by atoms with Crippen molar-refractivity contribution in [3.8, 4) is 5.75 Å². The van der Waals surface area contributed by atoms with E-state index in [0.29, 0.717) is 0 Å². The monoisotopic (exact) mass is 238 g/mol. The number of phenols is 1. The molecule has 0 saturated heterocycles. The van der Waals surface area contributed by atoms with Gasteiger partial charge in [-0.3, -0.25) is 4.79 Å². The summed E-state index contributed by atoms with van der Waals surface area (Å²) in [4.78, 5) is 13.6. The first-order chi connectivity index (χ1) is 7.99. The summed E-state index contributed by atoms with van der Waals surface area (Å²) in [5.74, 6) is -0.542. The molecule has 17 heavy (non-hydrogen) atoms. The number of nitrogen functional groups attached to an aromatic ring is 1. The maximum atomic E-state index is 12.1. The Hall–Kier alpha value is -1.75. The maximum Gasteiger partial charge on any atom is 0.258 e. The topological polar surface area (TPSA) is 86.8 Å². The lowest BCUT2D eigenvalue weighted by Crippen LogP contribution is -2.39. The standard InChI is InChI=1S/C12H18N2O3/c1-8(2)14(6-7-15)12(17)9-4-3-5-10(13)11(9)16/h3-5,8,15-16H,6-7,13H2,1-2H3. The molecule has 0 aliphatic rings. The van der Waals surface area contributed by atoms with Gasteiger partial charge in [0.15, 0.2) is 5.75 Å². The van der Waals surface area contributed by atoms with Crippen molar-refractivity contribution < 1.29 is 15.0 Å².